The van der Waals surface area contributed by atoms with Gasteiger partial charge in [0, 0.05) is 28.4 Å². The van der Waals surface area contributed by atoms with Crippen LogP contribution in [0.1, 0.15) is 56.6 Å². The minimum Gasteiger partial charge on any atom is -0.356 e. The number of hydrogen-bond donors (Lipinski definition) is 1. The molecule has 0 radical (unpaired) electrons. The summed E-state index contributed by atoms with van der Waals surface area (Å²) in [6.45, 7) is 3.45. The molecule has 7 heteroatoms. The fourth-order valence-electron chi connectivity index (χ4n) is 5.02. The highest BCUT2D eigenvalue weighted by atomic mass is 35.5. The van der Waals surface area contributed by atoms with Gasteiger partial charge < -0.3 is 14.7 Å². The van der Waals surface area contributed by atoms with Gasteiger partial charge in [0.05, 0.1) is 11.4 Å². The topological polar surface area (TPSA) is 58.4 Å². The highest BCUT2D eigenvalue weighted by Gasteiger charge is 2.27. The number of carbonyl (C=O) groups excluding carboxylic acids is 1. The van der Waals surface area contributed by atoms with Crippen LogP contribution in [0.5, 0.6) is 0 Å². The summed E-state index contributed by atoms with van der Waals surface area (Å²) >= 11 is 7.65. The molecule has 1 aromatic carbocycles. The maximum atomic E-state index is 11.8. The van der Waals surface area contributed by atoms with Gasteiger partial charge >= 0.3 is 0 Å². The zero-order chi connectivity index (χ0) is 20.9. The standard InChI is InChI=1S/C23H32ClN3O2S/c1-30-15-22(28)25-19-5-2-16(3-6-19)8-11-27-12-9-17(10-13-27)23-20-7-4-18(24)14-21(20)29-26-23/h4,7,14,16-17,19H,2-3,5-6,8-13,15H2,1H3,(H,25,28). The van der Waals surface area contributed by atoms with Crippen LogP contribution in [0, 0.1) is 5.92 Å². The van der Waals surface area contributed by atoms with E-state index in [1.807, 2.05) is 24.5 Å². The smallest absolute Gasteiger partial charge is 0.230 e. The van der Waals surface area contributed by atoms with Gasteiger partial charge in [0.25, 0.3) is 0 Å². The molecular weight excluding hydrogens is 418 g/mol. The zero-order valence-corrected chi connectivity index (χ0v) is 19.3. The Morgan fingerprint density at radius 3 is 2.73 bits per heavy atom. The van der Waals surface area contributed by atoms with E-state index in [4.69, 9.17) is 16.1 Å². The Bertz CT molecular complexity index is 842. The number of benzene rings is 1. The van der Waals surface area contributed by atoms with Gasteiger partial charge in [0.1, 0.15) is 0 Å². The number of hydrogen-bond acceptors (Lipinski definition) is 5. The normalized spacial score (nSPS) is 23.7. The van der Waals surface area contributed by atoms with Gasteiger partial charge in [-0.25, -0.2) is 0 Å². The van der Waals surface area contributed by atoms with Crippen molar-refractivity contribution in [1.29, 1.82) is 0 Å². The van der Waals surface area contributed by atoms with Crippen LogP contribution in [-0.2, 0) is 4.79 Å². The van der Waals surface area contributed by atoms with Crippen molar-refractivity contribution in [1.82, 2.24) is 15.4 Å². The van der Waals surface area contributed by atoms with Gasteiger partial charge in [-0.3, -0.25) is 4.79 Å². The van der Waals surface area contributed by atoms with Crippen molar-refractivity contribution in [2.45, 2.75) is 56.9 Å². The lowest BCUT2D eigenvalue weighted by Crippen LogP contribution is -2.39. The number of carbonyl (C=O) groups is 1. The minimum atomic E-state index is 0.191. The lowest BCUT2D eigenvalue weighted by atomic mass is 9.83. The van der Waals surface area contributed by atoms with E-state index in [9.17, 15) is 4.79 Å². The molecule has 1 N–H and O–H groups in total. The van der Waals surface area contributed by atoms with Crippen LogP contribution in [0.25, 0.3) is 11.0 Å². The predicted octanol–water partition coefficient (Wildman–Crippen LogP) is 5.09. The highest BCUT2D eigenvalue weighted by molar-refractivity contribution is 7.99. The number of halogens is 1. The van der Waals surface area contributed by atoms with E-state index in [2.05, 4.69) is 15.4 Å². The van der Waals surface area contributed by atoms with Crippen molar-refractivity contribution in [2.75, 3.05) is 31.6 Å². The van der Waals surface area contributed by atoms with Crippen LogP contribution >= 0.6 is 23.4 Å². The van der Waals surface area contributed by atoms with E-state index in [1.165, 1.54) is 25.8 Å². The maximum Gasteiger partial charge on any atom is 0.230 e. The third kappa shape index (κ3) is 5.51. The molecule has 0 spiro atoms. The van der Waals surface area contributed by atoms with E-state index in [0.29, 0.717) is 22.7 Å². The second-order valence-electron chi connectivity index (χ2n) is 8.83. The predicted molar refractivity (Wildman–Crippen MR) is 124 cm³/mol. The number of aromatic nitrogens is 1. The molecule has 1 aliphatic heterocycles. The SMILES string of the molecule is CSCC(=O)NC1CCC(CCN2CCC(c3noc4cc(Cl)ccc34)CC2)CC1. The molecule has 2 aromatic rings. The van der Waals surface area contributed by atoms with Gasteiger partial charge in [-0.05, 0) is 88.9 Å². The molecular formula is C23H32ClN3O2S. The van der Waals surface area contributed by atoms with Crippen LogP contribution in [0.4, 0.5) is 0 Å². The Kier molecular flexibility index (Phi) is 7.60. The van der Waals surface area contributed by atoms with E-state index in [0.717, 1.165) is 61.4 Å². The molecule has 2 heterocycles. The maximum absolute atomic E-state index is 11.8. The van der Waals surface area contributed by atoms with E-state index in [1.54, 1.807) is 11.8 Å². The molecule has 4 rings (SSSR count). The number of amides is 1. The quantitative estimate of drug-likeness (QED) is 0.638. The summed E-state index contributed by atoms with van der Waals surface area (Å²) in [7, 11) is 0. The van der Waals surface area contributed by atoms with Gasteiger partial charge in [0.2, 0.25) is 5.91 Å². The highest BCUT2D eigenvalue weighted by Crippen LogP contribution is 2.34. The molecule has 0 atom stereocenters. The lowest BCUT2D eigenvalue weighted by molar-refractivity contribution is -0.119. The molecule has 1 aromatic heterocycles. The summed E-state index contributed by atoms with van der Waals surface area (Å²) in [5.41, 5.74) is 1.89. The fourth-order valence-corrected chi connectivity index (χ4v) is 5.52. The van der Waals surface area contributed by atoms with Crippen LogP contribution in [-0.4, -0.2) is 53.6 Å². The molecule has 5 nitrogen and oxygen atoms in total. The van der Waals surface area contributed by atoms with Crippen LogP contribution in [0.3, 0.4) is 0 Å². The number of rotatable bonds is 7. The summed E-state index contributed by atoms with van der Waals surface area (Å²) in [5, 5.41) is 9.35. The van der Waals surface area contributed by atoms with Crippen molar-refractivity contribution >= 4 is 40.2 Å². The monoisotopic (exact) mass is 449 g/mol. The molecule has 1 amide bonds. The first-order valence-corrected chi connectivity index (χ1v) is 12.9. The Hall–Kier alpha value is -1.24. The van der Waals surface area contributed by atoms with Crippen LogP contribution in [0.15, 0.2) is 22.7 Å². The van der Waals surface area contributed by atoms with Gasteiger partial charge in [-0.2, -0.15) is 11.8 Å². The molecule has 1 saturated heterocycles. The number of nitrogens with zero attached hydrogens (tertiary/aromatic N) is 2. The third-order valence-corrected chi connectivity index (χ3v) is 7.56. The van der Waals surface area contributed by atoms with Crippen molar-refractivity contribution < 1.29 is 9.32 Å². The van der Waals surface area contributed by atoms with E-state index in [-0.39, 0.29) is 5.91 Å². The molecule has 0 unspecified atom stereocenters. The van der Waals surface area contributed by atoms with E-state index >= 15 is 0 Å². The summed E-state index contributed by atoms with van der Waals surface area (Å²) in [6.07, 6.45) is 10.3. The molecule has 1 saturated carbocycles. The van der Waals surface area contributed by atoms with Crippen molar-refractivity contribution in [3.63, 3.8) is 0 Å². The van der Waals surface area contributed by atoms with Crippen LogP contribution < -0.4 is 5.32 Å². The van der Waals surface area contributed by atoms with Crippen LogP contribution in [0.2, 0.25) is 5.02 Å². The Morgan fingerprint density at radius 2 is 2.00 bits per heavy atom. The van der Waals surface area contributed by atoms with Gasteiger partial charge in [-0.15, -0.1) is 0 Å². The molecule has 2 aliphatic rings. The summed E-state index contributed by atoms with van der Waals surface area (Å²) in [5.74, 6) is 2.05. The first-order valence-electron chi connectivity index (χ1n) is 11.2. The number of nitrogens with one attached hydrogen (secondary N) is 1. The lowest BCUT2D eigenvalue weighted by Gasteiger charge is -2.34. The number of thioether (sulfide) groups is 1. The van der Waals surface area contributed by atoms with Crippen molar-refractivity contribution in [3.8, 4) is 0 Å². The van der Waals surface area contributed by atoms with Crippen molar-refractivity contribution in [2.24, 2.45) is 5.92 Å². The van der Waals surface area contributed by atoms with Gasteiger partial charge in [-0.1, -0.05) is 16.8 Å². The number of likely N-dealkylation sites (tertiary alicyclic amines) is 1. The summed E-state index contributed by atoms with van der Waals surface area (Å²) in [6, 6.07) is 6.20. The Balaban J connectivity index is 1.18. The fraction of sp³-hybridized carbons (Fsp3) is 0.652. The third-order valence-electron chi connectivity index (χ3n) is 6.78. The first-order chi connectivity index (χ1) is 14.6. The second-order valence-corrected chi connectivity index (χ2v) is 10.1. The minimum absolute atomic E-state index is 0.191. The molecule has 0 bridgehead atoms. The molecule has 2 fully saturated rings. The molecule has 164 valence electrons. The molecule has 30 heavy (non-hydrogen) atoms. The second kappa shape index (κ2) is 10.4. The van der Waals surface area contributed by atoms with Crippen molar-refractivity contribution in [3.05, 3.63) is 28.9 Å². The largest absolute Gasteiger partial charge is 0.356 e. The first kappa shape index (κ1) is 22.0. The van der Waals surface area contributed by atoms with E-state index < -0.39 is 0 Å². The Labute approximate surface area is 188 Å². The average molecular weight is 450 g/mol. The molecule has 1 aliphatic carbocycles. The zero-order valence-electron chi connectivity index (χ0n) is 17.7. The summed E-state index contributed by atoms with van der Waals surface area (Å²) < 4.78 is 5.51. The van der Waals surface area contributed by atoms with Gasteiger partial charge in [0.15, 0.2) is 5.58 Å². The average Bonchev–Trinajstić information content (AvgIpc) is 3.17. The number of piperidine rings is 1. The summed E-state index contributed by atoms with van der Waals surface area (Å²) in [4.78, 5) is 14.4. The Morgan fingerprint density at radius 1 is 1.23 bits per heavy atom. The number of fused-ring (bicyclic) bond motifs is 1.